The van der Waals surface area contributed by atoms with Gasteiger partial charge in [-0.15, -0.1) is 0 Å². The first-order valence-electron chi connectivity index (χ1n) is 4.19. The van der Waals surface area contributed by atoms with Crippen LogP contribution < -0.4 is 11.3 Å². The summed E-state index contributed by atoms with van der Waals surface area (Å²) in [5.74, 6) is -0.406. The zero-order valence-electron chi connectivity index (χ0n) is 7.61. The van der Waals surface area contributed by atoms with E-state index in [-0.39, 0.29) is 17.3 Å². The zero-order valence-corrected chi connectivity index (χ0v) is 7.61. The van der Waals surface area contributed by atoms with Crippen molar-refractivity contribution in [3.8, 4) is 11.3 Å². The van der Waals surface area contributed by atoms with Crippen LogP contribution in [0.1, 0.15) is 0 Å². The van der Waals surface area contributed by atoms with Gasteiger partial charge < -0.3 is 10.2 Å². The monoisotopic (exact) mass is 206 g/mol. The first-order valence-corrected chi connectivity index (χ1v) is 4.19. The first-order chi connectivity index (χ1) is 7.16. The molecule has 0 spiro atoms. The minimum absolute atomic E-state index is 0.0746. The molecule has 0 aliphatic heterocycles. The molecule has 5 heteroatoms. The van der Waals surface area contributed by atoms with E-state index in [9.17, 15) is 9.18 Å². The van der Waals surface area contributed by atoms with Gasteiger partial charge in [0.2, 0.25) is 0 Å². The Hall–Kier alpha value is -2.17. The summed E-state index contributed by atoms with van der Waals surface area (Å²) in [6.45, 7) is 0. The van der Waals surface area contributed by atoms with Crippen molar-refractivity contribution in [2.45, 2.75) is 0 Å². The molecule has 0 atom stereocenters. The third kappa shape index (κ3) is 1.85. The van der Waals surface area contributed by atoms with E-state index in [1.165, 1.54) is 12.1 Å². The van der Waals surface area contributed by atoms with Crippen molar-refractivity contribution in [3.05, 3.63) is 46.5 Å². The van der Waals surface area contributed by atoms with Crippen molar-refractivity contribution in [3.63, 3.8) is 0 Å². The van der Waals surface area contributed by atoms with Gasteiger partial charge in [0.15, 0.2) is 0 Å². The van der Waals surface area contributed by atoms with Crippen molar-refractivity contribution in [2.75, 3.05) is 5.73 Å². The van der Waals surface area contributed by atoms with Crippen LogP contribution in [-0.4, -0.2) is 4.98 Å². The number of nitrogen functional groups attached to an aromatic ring is 1. The molecule has 1 heterocycles. The van der Waals surface area contributed by atoms with Gasteiger partial charge in [-0.05, 0) is 12.1 Å². The molecule has 0 saturated heterocycles. The maximum Gasteiger partial charge on any atom is 0.295 e. The van der Waals surface area contributed by atoms with Crippen molar-refractivity contribution >= 4 is 6.01 Å². The SMILES string of the molecule is Nc1nc(=O)cc(-c2ccccc2F)o1. The predicted molar refractivity (Wildman–Crippen MR) is 52.6 cm³/mol. The van der Waals surface area contributed by atoms with E-state index in [1.807, 2.05) is 0 Å². The Morgan fingerprint density at radius 3 is 2.73 bits per heavy atom. The summed E-state index contributed by atoms with van der Waals surface area (Å²) in [7, 11) is 0. The van der Waals surface area contributed by atoms with Crippen LogP contribution in [0.25, 0.3) is 11.3 Å². The van der Waals surface area contributed by atoms with Crippen LogP contribution in [-0.2, 0) is 0 Å². The van der Waals surface area contributed by atoms with E-state index in [4.69, 9.17) is 10.2 Å². The molecule has 0 saturated carbocycles. The van der Waals surface area contributed by atoms with Gasteiger partial charge in [0.1, 0.15) is 11.6 Å². The molecule has 0 radical (unpaired) electrons. The number of halogens is 1. The number of rotatable bonds is 1. The molecule has 0 aliphatic rings. The summed E-state index contributed by atoms with van der Waals surface area (Å²) >= 11 is 0. The third-order valence-corrected chi connectivity index (χ3v) is 1.83. The Labute approximate surface area is 84.2 Å². The summed E-state index contributed by atoms with van der Waals surface area (Å²) < 4.78 is 18.3. The molecule has 0 amide bonds. The summed E-state index contributed by atoms with van der Waals surface area (Å²) in [4.78, 5) is 14.3. The highest BCUT2D eigenvalue weighted by atomic mass is 19.1. The Morgan fingerprint density at radius 2 is 2.07 bits per heavy atom. The van der Waals surface area contributed by atoms with Gasteiger partial charge >= 0.3 is 0 Å². The lowest BCUT2D eigenvalue weighted by Gasteiger charge is -2.01. The highest BCUT2D eigenvalue weighted by molar-refractivity contribution is 5.57. The Bertz CT molecular complexity index is 551. The molecule has 0 aliphatic carbocycles. The quantitative estimate of drug-likeness (QED) is 0.766. The second kappa shape index (κ2) is 3.53. The molecule has 2 aromatic rings. The highest BCUT2D eigenvalue weighted by Gasteiger charge is 2.08. The van der Waals surface area contributed by atoms with E-state index in [2.05, 4.69) is 4.98 Å². The van der Waals surface area contributed by atoms with E-state index >= 15 is 0 Å². The van der Waals surface area contributed by atoms with Gasteiger partial charge in [-0.3, -0.25) is 4.79 Å². The molecular weight excluding hydrogens is 199 g/mol. The highest BCUT2D eigenvalue weighted by Crippen LogP contribution is 2.21. The minimum atomic E-state index is -0.558. The molecule has 2 rings (SSSR count). The lowest BCUT2D eigenvalue weighted by atomic mass is 10.1. The van der Waals surface area contributed by atoms with Gasteiger partial charge in [-0.25, -0.2) is 4.39 Å². The van der Waals surface area contributed by atoms with E-state index in [0.29, 0.717) is 0 Å². The predicted octanol–water partition coefficient (Wildman–Crippen LogP) is 1.42. The largest absolute Gasteiger partial charge is 0.425 e. The Kier molecular flexibility index (Phi) is 2.21. The topological polar surface area (TPSA) is 69.1 Å². The first kappa shape index (κ1) is 9.39. The van der Waals surface area contributed by atoms with Gasteiger partial charge in [0, 0.05) is 6.07 Å². The normalized spacial score (nSPS) is 10.2. The molecule has 15 heavy (non-hydrogen) atoms. The van der Waals surface area contributed by atoms with Crippen molar-refractivity contribution < 1.29 is 8.81 Å². The number of aromatic nitrogens is 1. The maximum atomic E-state index is 13.3. The van der Waals surface area contributed by atoms with Crippen LogP contribution in [0.3, 0.4) is 0 Å². The second-order valence-corrected chi connectivity index (χ2v) is 2.88. The second-order valence-electron chi connectivity index (χ2n) is 2.88. The summed E-state index contributed by atoms with van der Waals surface area (Å²) in [5, 5.41) is 0. The molecule has 0 bridgehead atoms. The lowest BCUT2D eigenvalue weighted by Crippen LogP contribution is -2.07. The molecular formula is C10H7FN2O2. The van der Waals surface area contributed by atoms with Crippen LogP contribution in [0, 0.1) is 5.82 Å². The number of hydrogen-bond donors (Lipinski definition) is 1. The van der Waals surface area contributed by atoms with Gasteiger partial charge in [0.25, 0.3) is 11.6 Å². The lowest BCUT2D eigenvalue weighted by molar-refractivity contribution is 0.554. The molecule has 1 aromatic carbocycles. The van der Waals surface area contributed by atoms with Crippen molar-refractivity contribution in [1.29, 1.82) is 0 Å². The average molecular weight is 206 g/mol. The van der Waals surface area contributed by atoms with Crippen LogP contribution in [0.5, 0.6) is 0 Å². The summed E-state index contributed by atoms with van der Waals surface area (Å²) in [6, 6.07) is 6.75. The summed E-state index contributed by atoms with van der Waals surface area (Å²) in [6.07, 6.45) is 0. The number of anilines is 1. The van der Waals surface area contributed by atoms with E-state index in [1.54, 1.807) is 12.1 Å². The van der Waals surface area contributed by atoms with Gasteiger partial charge in [-0.1, -0.05) is 12.1 Å². The van der Waals surface area contributed by atoms with Crippen LogP contribution in [0.4, 0.5) is 10.4 Å². The smallest absolute Gasteiger partial charge is 0.295 e. The fraction of sp³-hybridized carbons (Fsp3) is 0. The number of nitrogens with zero attached hydrogens (tertiary/aromatic N) is 1. The zero-order chi connectivity index (χ0) is 10.8. The van der Waals surface area contributed by atoms with Crippen LogP contribution in [0.2, 0.25) is 0 Å². The van der Waals surface area contributed by atoms with Crippen molar-refractivity contribution in [1.82, 2.24) is 4.98 Å². The fourth-order valence-electron chi connectivity index (χ4n) is 1.21. The molecule has 0 fully saturated rings. The van der Waals surface area contributed by atoms with Crippen LogP contribution in [0.15, 0.2) is 39.5 Å². The average Bonchev–Trinajstić information content (AvgIpc) is 2.16. The maximum absolute atomic E-state index is 13.3. The number of benzene rings is 1. The Balaban J connectivity index is 2.64. The fourth-order valence-corrected chi connectivity index (χ4v) is 1.21. The standard InChI is InChI=1S/C10H7FN2O2/c11-7-4-2-1-3-6(7)8-5-9(14)13-10(12)15-8/h1-5H,(H2,12,13,14). The molecule has 0 unspecified atom stereocenters. The third-order valence-electron chi connectivity index (χ3n) is 1.83. The molecule has 2 N–H and O–H groups in total. The minimum Gasteiger partial charge on any atom is -0.425 e. The van der Waals surface area contributed by atoms with Gasteiger partial charge in [-0.2, -0.15) is 4.98 Å². The Morgan fingerprint density at radius 1 is 1.33 bits per heavy atom. The van der Waals surface area contributed by atoms with Gasteiger partial charge in [0.05, 0.1) is 5.56 Å². The van der Waals surface area contributed by atoms with E-state index < -0.39 is 11.4 Å². The van der Waals surface area contributed by atoms with Crippen molar-refractivity contribution in [2.24, 2.45) is 0 Å². The van der Waals surface area contributed by atoms with Crippen LogP contribution >= 0.6 is 0 Å². The van der Waals surface area contributed by atoms with E-state index in [0.717, 1.165) is 6.07 Å². The summed E-state index contributed by atoms with van der Waals surface area (Å²) in [5.41, 5.74) is 4.87. The number of nitrogens with two attached hydrogens (primary N) is 1. The molecule has 1 aromatic heterocycles. The number of hydrogen-bond acceptors (Lipinski definition) is 4. The molecule has 76 valence electrons. The molecule has 4 nitrogen and oxygen atoms in total.